The summed E-state index contributed by atoms with van der Waals surface area (Å²) in [6.45, 7) is 12.0. The monoisotopic (exact) mass is 861 g/mol. The smallest absolute Gasteiger partial charge is 0.289 e. The Morgan fingerprint density at radius 1 is 0.905 bits per heavy atom. The van der Waals surface area contributed by atoms with Crippen LogP contribution in [0.5, 0.6) is 11.5 Å². The third-order valence-electron chi connectivity index (χ3n) is 12.0. The molecule has 6 N–H and O–H groups in total. The van der Waals surface area contributed by atoms with Crippen molar-refractivity contribution >= 4 is 41.1 Å². The number of hydrogen-bond donors (Lipinski definition) is 6. The Labute approximate surface area is 365 Å². The molecule has 3 aliphatic heterocycles. The second kappa shape index (κ2) is 18.8. The molecule has 0 bridgehead atoms. The minimum Gasteiger partial charge on any atom is -0.508 e. The summed E-state index contributed by atoms with van der Waals surface area (Å²) in [6.07, 6.45) is 1.96. The lowest BCUT2D eigenvalue weighted by Crippen LogP contribution is -2.52. The molecule has 4 heterocycles. The number of phenolic OH excluding ortho intramolecular Hbond substituents is 2. The number of hydrogen-bond acceptors (Lipinski definition) is 11. The number of anilines is 1. The predicted octanol–water partition coefficient (Wildman–Crippen LogP) is 4.36. The van der Waals surface area contributed by atoms with Crippen LogP contribution in [0, 0.1) is 11.8 Å². The molecule has 0 spiro atoms. The molecule has 2 saturated heterocycles. The minimum absolute atomic E-state index is 0.0381. The molecule has 332 valence electrons. The highest BCUT2D eigenvalue weighted by Crippen LogP contribution is 2.38. The maximum atomic E-state index is 13.8. The number of imide groups is 1. The highest BCUT2D eigenvalue weighted by Gasteiger charge is 2.40. The van der Waals surface area contributed by atoms with Crippen molar-refractivity contribution in [2.24, 2.45) is 11.8 Å². The molecular formula is C46H55N9O8. The molecule has 2 fully saturated rings. The Kier molecular flexibility index (Phi) is 13.2. The van der Waals surface area contributed by atoms with Crippen molar-refractivity contribution in [2.45, 2.75) is 97.8 Å². The molecule has 7 rings (SSSR count). The highest BCUT2D eigenvalue weighted by atomic mass is 16.3. The fourth-order valence-corrected chi connectivity index (χ4v) is 8.60. The van der Waals surface area contributed by atoms with Gasteiger partial charge in [0.15, 0.2) is 5.82 Å². The number of fused-ring (bicyclic) bond motifs is 1. The largest absolute Gasteiger partial charge is 0.508 e. The molecule has 63 heavy (non-hydrogen) atoms. The van der Waals surface area contributed by atoms with Crippen LogP contribution in [0.25, 0.3) is 17.1 Å². The topological polar surface area (TPSA) is 228 Å². The molecule has 2 atom stereocenters. The van der Waals surface area contributed by atoms with E-state index in [9.17, 15) is 39.0 Å². The van der Waals surface area contributed by atoms with Gasteiger partial charge in [-0.15, -0.1) is 10.2 Å². The maximum Gasteiger partial charge on any atom is 0.289 e. The summed E-state index contributed by atoms with van der Waals surface area (Å²) in [6, 6.07) is 14.0. The third-order valence-corrected chi connectivity index (χ3v) is 12.0. The van der Waals surface area contributed by atoms with Gasteiger partial charge in [-0.05, 0) is 99.0 Å². The van der Waals surface area contributed by atoms with Gasteiger partial charge < -0.3 is 31.1 Å². The maximum absolute atomic E-state index is 13.8. The summed E-state index contributed by atoms with van der Waals surface area (Å²) >= 11 is 0. The average molecular weight is 862 g/mol. The van der Waals surface area contributed by atoms with Gasteiger partial charge >= 0.3 is 0 Å². The van der Waals surface area contributed by atoms with Crippen LogP contribution in [0.1, 0.15) is 110 Å². The Balaban J connectivity index is 0.981. The van der Waals surface area contributed by atoms with Gasteiger partial charge in [-0.2, -0.15) is 0 Å². The standard InChI is InChI=1S/C46H55N9O8/c1-6-47-45(62)41-52-51-40(32-21-31(26(4)5)37(56)22-38(32)57)55(41)29-12-10-27(11-13-29)23-53-18-16-28(17-19-53)42(59)49-35(20-25(2)3)43(60)48-34-9-7-8-30-33(34)24-54(46(30)63)36-14-15-39(58)50-44(36)61/h7-13,21-22,25-26,28,35-36,56-57H,6,14-20,23-24H2,1-5H3,(H,47,62)(H,48,60)(H,49,59)(H,50,58,61)/t35-,36?/m0/s1. The predicted molar refractivity (Wildman–Crippen MR) is 233 cm³/mol. The van der Waals surface area contributed by atoms with E-state index in [0.717, 1.165) is 5.56 Å². The van der Waals surface area contributed by atoms with Crippen molar-refractivity contribution in [1.82, 2.24) is 40.5 Å². The fourth-order valence-electron chi connectivity index (χ4n) is 8.60. The van der Waals surface area contributed by atoms with Gasteiger partial charge in [-0.25, -0.2) is 0 Å². The number of rotatable bonds is 14. The fraction of sp³-hybridized carbons (Fsp3) is 0.435. The van der Waals surface area contributed by atoms with E-state index in [1.807, 2.05) is 52.0 Å². The van der Waals surface area contributed by atoms with Crippen molar-refractivity contribution in [3.8, 4) is 28.6 Å². The Hall–Kier alpha value is -6.62. The van der Waals surface area contributed by atoms with Crippen LogP contribution in [-0.2, 0) is 32.3 Å². The molecule has 3 aromatic carbocycles. The number of benzene rings is 3. The van der Waals surface area contributed by atoms with E-state index in [1.165, 1.54) is 11.0 Å². The van der Waals surface area contributed by atoms with Gasteiger partial charge in [0.05, 0.1) is 5.56 Å². The van der Waals surface area contributed by atoms with Crippen LogP contribution in [0.15, 0.2) is 54.6 Å². The van der Waals surface area contributed by atoms with Crippen molar-refractivity contribution in [3.63, 3.8) is 0 Å². The number of carbonyl (C=O) groups excluding carboxylic acids is 6. The number of carbonyl (C=O) groups is 6. The summed E-state index contributed by atoms with van der Waals surface area (Å²) in [5.74, 6) is -2.42. The molecule has 6 amide bonds. The third kappa shape index (κ3) is 9.57. The minimum atomic E-state index is -0.816. The van der Waals surface area contributed by atoms with Crippen LogP contribution in [0.3, 0.4) is 0 Å². The number of phenols is 2. The van der Waals surface area contributed by atoms with Crippen molar-refractivity contribution in [3.05, 3.63) is 82.7 Å². The van der Waals surface area contributed by atoms with Crippen molar-refractivity contribution in [2.75, 3.05) is 25.0 Å². The van der Waals surface area contributed by atoms with Crippen LogP contribution in [-0.4, -0.2) is 102 Å². The van der Waals surface area contributed by atoms with E-state index in [4.69, 9.17) is 0 Å². The quantitative estimate of drug-likeness (QED) is 0.0977. The molecule has 0 radical (unpaired) electrons. The van der Waals surface area contributed by atoms with E-state index < -0.39 is 29.8 Å². The van der Waals surface area contributed by atoms with Crippen LogP contribution < -0.4 is 21.3 Å². The van der Waals surface area contributed by atoms with Gasteiger partial charge in [0.25, 0.3) is 11.8 Å². The second-order valence-electron chi connectivity index (χ2n) is 17.3. The van der Waals surface area contributed by atoms with Gasteiger partial charge in [-0.1, -0.05) is 45.9 Å². The highest BCUT2D eigenvalue weighted by molar-refractivity contribution is 6.07. The lowest BCUT2D eigenvalue weighted by Gasteiger charge is -2.32. The van der Waals surface area contributed by atoms with Gasteiger partial charge in [0.1, 0.15) is 23.6 Å². The number of nitrogens with one attached hydrogen (secondary N) is 4. The zero-order chi connectivity index (χ0) is 45.1. The molecule has 1 unspecified atom stereocenters. The molecule has 0 aliphatic carbocycles. The Morgan fingerprint density at radius 2 is 1.63 bits per heavy atom. The first-order valence-corrected chi connectivity index (χ1v) is 21.6. The van der Waals surface area contributed by atoms with E-state index in [2.05, 4.69) is 36.4 Å². The van der Waals surface area contributed by atoms with Gasteiger partial charge in [0.2, 0.25) is 29.5 Å². The van der Waals surface area contributed by atoms with E-state index in [-0.39, 0.29) is 78.0 Å². The number of nitrogens with zero attached hydrogens (tertiary/aromatic N) is 5. The van der Waals surface area contributed by atoms with Gasteiger partial charge in [-0.3, -0.25) is 43.6 Å². The summed E-state index contributed by atoms with van der Waals surface area (Å²) in [5.41, 5.74) is 3.95. The van der Waals surface area contributed by atoms with Crippen LogP contribution in [0.2, 0.25) is 0 Å². The molecule has 4 aromatic rings. The molecule has 0 saturated carbocycles. The summed E-state index contributed by atoms with van der Waals surface area (Å²) in [5, 5.41) is 40.9. The van der Waals surface area contributed by atoms with Crippen LogP contribution in [0.4, 0.5) is 5.69 Å². The molecule has 17 nitrogen and oxygen atoms in total. The number of aromatic hydroxyl groups is 2. The number of amides is 6. The lowest BCUT2D eigenvalue weighted by atomic mass is 9.94. The first-order chi connectivity index (χ1) is 30.1. The number of aromatic nitrogens is 3. The Bertz CT molecular complexity index is 2420. The summed E-state index contributed by atoms with van der Waals surface area (Å²) in [4.78, 5) is 82.0. The summed E-state index contributed by atoms with van der Waals surface area (Å²) in [7, 11) is 0. The van der Waals surface area contributed by atoms with E-state index >= 15 is 0 Å². The molecule has 17 heteroatoms. The normalized spacial score (nSPS) is 17.5. The van der Waals surface area contributed by atoms with Crippen LogP contribution >= 0.6 is 0 Å². The Morgan fingerprint density at radius 3 is 2.30 bits per heavy atom. The first kappa shape index (κ1) is 44.4. The number of piperidine rings is 2. The zero-order valence-corrected chi connectivity index (χ0v) is 36.2. The lowest BCUT2D eigenvalue weighted by molar-refractivity contribution is -0.137. The van der Waals surface area contributed by atoms with E-state index in [1.54, 1.807) is 35.8 Å². The second-order valence-corrected chi connectivity index (χ2v) is 17.3. The molecular weight excluding hydrogens is 807 g/mol. The van der Waals surface area contributed by atoms with Crippen molar-refractivity contribution < 1.29 is 39.0 Å². The summed E-state index contributed by atoms with van der Waals surface area (Å²) < 4.78 is 1.59. The SMILES string of the molecule is CCNC(=O)c1nnc(-c2cc(C(C)C)c(O)cc2O)n1-c1ccc(CN2CCC(C(=O)N[C@@H](CC(C)C)C(=O)Nc3cccc4c3CN(C3CCC(=O)NC3=O)C4=O)CC2)cc1. The first-order valence-electron chi connectivity index (χ1n) is 21.6. The number of likely N-dealkylation sites (tertiary alicyclic amines) is 1. The average Bonchev–Trinajstić information content (AvgIpc) is 3.83. The molecule has 3 aliphatic rings. The zero-order valence-electron chi connectivity index (χ0n) is 36.2. The van der Waals surface area contributed by atoms with E-state index in [0.29, 0.717) is 79.1 Å². The van der Waals surface area contributed by atoms with Crippen molar-refractivity contribution in [1.29, 1.82) is 0 Å². The molecule has 1 aromatic heterocycles. The van der Waals surface area contributed by atoms with Gasteiger partial charge in [0, 0.05) is 60.5 Å².